The number of carbonyl (C=O) groups is 1. The zero-order valence-electron chi connectivity index (χ0n) is 10.0. The molecule has 0 radical (unpaired) electrons. The SMILES string of the molecule is Cc1ccc(NC(=O)O/N=C(/Cl)C(C)C)cc1. The first-order chi connectivity index (χ1) is 7.99. The second-order valence-corrected chi connectivity index (χ2v) is 4.33. The van der Waals surface area contributed by atoms with Crippen LogP contribution >= 0.6 is 11.6 Å². The molecule has 1 rings (SSSR count). The van der Waals surface area contributed by atoms with E-state index in [1.807, 2.05) is 32.9 Å². The fourth-order valence-corrected chi connectivity index (χ4v) is 1.00. The number of benzene rings is 1. The summed E-state index contributed by atoms with van der Waals surface area (Å²) in [6.07, 6.45) is -0.660. The Morgan fingerprint density at radius 2 is 1.94 bits per heavy atom. The van der Waals surface area contributed by atoms with Gasteiger partial charge in [0.15, 0.2) is 0 Å². The van der Waals surface area contributed by atoms with Gasteiger partial charge in [-0.05, 0) is 19.1 Å². The number of nitrogens with one attached hydrogen (secondary N) is 1. The fraction of sp³-hybridized carbons (Fsp3) is 0.333. The molecule has 0 unspecified atom stereocenters. The van der Waals surface area contributed by atoms with Crippen molar-refractivity contribution in [2.24, 2.45) is 11.1 Å². The van der Waals surface area contributed by atoms with Crippen molar-refractivity contribution in [3.8, 4) is 0 Å². The molecule has 0 bridgehead atoms. The Bertz CT molecular complexity index is 413. The molecule has 0 aromatic heterocycles. The highest BCUT2D eigenvalue weighted by molar-refractivity contribution is 6.65. The quantitative estimate of drug-likeness (QED) is 0.507. The maximum absolute atomic E-state index is 11.3. The molecule has 0 heterocycles. The highest BCUT2D eigenvalue weighted by Gasteiger charge is 2.05. The van der Waals surface area contributed by atoms with Gasteiger partial charge in [-0.15, -0.1) is 0 Å². The number of rotatable bonds is 3. The third-order valence-electron chi connectivity index (χ3n) is 1.99. The van der Waals surface area contributed by atoms with E-state index in [1.54, 1.807) is 12.1 Å². The van der Waals surface area contributed by atoms with Gasteiger partial charge in [0, 0.05) is 11.6 Å². The van der Waals surface area contributed by atoms with Crippen LogP contribution in [0, 0.1) is 12.8 Å². The van der Waals surface area contributed by atoms with E-state index in [4.69, 9.17) is 11.6 Å². The zero-order chi connectivity index (χ0) is 12.8. The van der Waals surface area contributed by atoms with E-state index in [0.717, 1.165) is 5.56 Å². The normalized spacial score (nSPS) is 11.5. The molecule has 17 heavy (non-hydrogen) atoms. The first-order valence-corrected chi connectivity index (χ1v) is 5.65. The van der Waals surface area contributed by atoms with Crippen LogP contribution in [-0.4, -0.2) is 11.3 Å². The molecule has 5 heteroatoms. The molecule has 1 aromatic rings. The predicted molar refractivity (Wildman–Crippen MR) is 69.4 cm³/mol. The van der Waals surface area contributed by atoms with Crippen molar-refractivity contribution in [3.05, 3.63) is 29.8 Å². The van der Waals surface area contributed by atoms with E-state index in [0.29, 0.717) is 5.69 Å². The minimum atomic E-state index is -0.660. The van der Waals surface area contributed by atoms with Crippen molar-refractivity contribution in [3.63, 3.8) is 0 Å². The van der Waals surface area contributed by atoms with Crippen molar-refractivity contribution in [1.29, 1.82) is 0 Å². The zero-order valence-corrected chi connectivity index (χ0v) is 10.8. The Morgan fingerprint density at radius 3 is 2.47 bits per heavy atom. The molecule has 0 saturated carbocycles. The molecule has 92 valence electrons. The Hall–Kier alpha value is -1.55. The van der Waals surface area contributed by atoms with Crippen LogP contribution < -0.4 is 5.32 Å². The van der Waals surface area contributed by atoms with Crippen molar-refractivity contribution < 1.29 is 9.63 Å². The number of carbonyl (C=O) groups excluding carboxylic acids is 1. The average molecular weight is 255 g/mol. The van der Waals surface area contributed by atoms with Crippen molar-refractivity contribution >= 4 is 28.6 Å². The minimum absolute atomic E-state index is 0.0313. The van der Waals surface area contributed by atoms with Crippen molar-refractivity contribution in [1.82, 2.24) is 0 Å². The Kier molecular flexibility index (Phi) is 4.97. The number of halogens is 1. The Balaban J connectivity index is 2.50. The van der Waals surface area contributed by atoms with Gasteiger partial charge in [-0.3, -0.25) is 10.2 Å². The molecular formula is C12H15ClN2O2. The second kappa shape index (κ2) is 6.25. The van der Waals surface area contributed by atoms with Crippen LogP contribution in [0.3, 0.4) is 0 Å². The van der Waals surface area contributed by atoms with Gasteiger partial charge in [0.1, 0.15) is 5.17 Å². The highest BCUT2D eigenvalue weighted by atomic mass is 35.5. The van der Waals surface area contributed by atoms with Crippen LogP contribution in [0.2, 0.25) is 0 Å². The number of oxime groups is 1. The van der Waals surface area contributed by atoms with Crippen LogP contribution in [0.5, 0.6) is 0 Å². The molecule has 0 spiro atoms. The summed E-state index contributed by atoms with van der Waals surface area (Å²) in [4.78, 5) is 15.9. The minimum Gasteiger partial charge on any atom is -0.297 e. The third kappa shape index (κ3) is 4.87. The van der Waals surface area contributed by atoms with Gasteiger partial charge in [-0.2, -0.15) is 0 Å². The van der Waals surface area contributed by atoms with E-state index in [2.05, 4.69) is 15.3 Å². The number of hydrogen-bond donors (Lipinski definition) is 1. The van der Waals surface area contributed by atoms with E-state index < -0.39 is 6.09 Å². The standard InChI is InChI=1S/C12H15ClN2O2/c1-8(2)11(13)15-17-12(16)14-10-6-4-9(3)5-7-10/h4-8H,1-3H3,(H,14,16)/b15-11+. The number of nitrogens with zero attached hydrogens (tertiary/aromatic N) is 1. The van der Waals surface area contributed by atoms with Crippen LogP contribution in [0.25, 0.3) is 0 Å². The summed E-state index contributed by atoms with van der Waals surface area (Å²) < 4.78 is 0. The van der Waals surface area contributed by atoms with E-state index in [1.165, 1.54) is 0 Å². The van der Waals surface area contributed by atoms with Crippen LogP contribution in [-0.2, 0) is 4.84 Å². The maximum Gasteiger partial charge on any atom is 0.437 e. The van der Waals surface area contributed by atoms with Crippen LogP contribution in [0.1, 0.15) is 19.4 Å². The molecule has 1 N–H and O–H groups in total. The summed E-state index contributed by atoms with van der Waals surface area (Å²) in [6.45, 7) is 5.68. The lowest BCUT2D eigenvalue weighted by molar-refractivity contribution is 0.166. The number of hydrogen-bond acceptors (Lipinski definition) is 3. The Labute approximate surface area is 106 Å². The molecule has 0 saturated heterocycles. The summed E-state index contributed by atoms with van der Waals surface area (Å²) in [5, 5.41) is 6.30. The summed E-state index contributed by atoms with van der Waals surface area (Å²) in [5.41, 5.74) is 1.77. The first kappa shape index (κ1) is 13.5. The van der Waals surface area contributed by atoms with Gasteiger partial charge < -0.3 is 0 Å². The van der Waals surface area contributed by atoms with Gasteiger partial charge >= 0.3 is 6.09 Å². The van der Waals surface area contributed by atoms with Gasteiger partial charge in [0.2, 0.25) is 0 Å². The lowest BCUT2D eigenvalue weighted by Gasteiger charge is -2.04. The Morgan fingerprint density at radius 1 is 1.35 bits per heavy atom. The maximum atomic E-state index is 11.3. The first-order valence-electron chi connectivity index (χ1n) is 5.27. The molecular weight excluding hydrogens is 240 g/mol. The summed E-state index contributed by atoms with van der Waals surface area (Å²) in [7, 11) is 0. The van der Waals surface area contributed by atoms with Gasteiger partial charge in [-0.1, -0.05) is 48.3 Å². The number of anilines is 1. The summed E-state index contributed by atoms with van der Waals surface area (Å²) >= 11 is 5.73. The summed E-state index contributed by atoms with van der Waals surface area (Å²) in [6, 6.07) is 7.34. The highest BCUT2D eigenvalue weighted by Crippen LogP contribution is 2.09. The number of amides is 1. The van der Waals surface area contributed by atoms with Crippen LogP contribution in [0.15, 0.2) is 29.4 Å². The number of aryl methyl sites for hydroxylation is 1. The molecule has 0 atom stereocenters. The predicted octanol–water partition coefficient (Wildman–Crippen LogP) is 3.75. The van der Waals surface area contributed by atoms with Gasteiger partial charge in [-0.25, -0.2) is 4.79 Å². The molecule has 0 aliphatic carbocycles. The second-order valence-electron chi connectivity index (χ2n) is 3.94. The van der Waals surface area contributed by atoms with Crippen molar-refractivity contribution in [2.75, 3.05) is 5.32 Å². The molecule has 1 aromatic carbocycles. The lowest BCUT2D eigenvalue weighted by Crippen LogP contribution is -2.12. The van der Waals surface area contributed by atoms with E-state index in [-0.39, 0.29) is 11.1 Å². The molecule has 1 amide bonds. The molecule has 0 aliphatic heterocycles. The molecule has 4 nitrogen and oxygen atoms in total. The van der Waals surface area contributed by atoms with E-state index in [9.17, 15) is 4.79 Å². The summed E-state index contributed by atoms with van der Waals surface area (Å²) in [5.74, 6) is 0.0313. The molecule has 0 aliphatic rings. The smallest absolute Gasteiger partial charge is 0.297 e. The monoisotopic (exact) mass is 254 g/mol. The van der Waals surface area contributed by atoms with Gasteiger partial charge in [0.25, 0.3) is 0 Å². The topological polar surface area (TPSA) is 50.7 Å². The fourth-order valence-electron chi connectivity index (χ4n) is 0.968. The average Bonchev–Trinajstić information content (AvgIpc) is 2.29. The van der Waals surface area contributed by atoms with Crippen LogP contribution in [0.4, 0.5) is 10.5 Å². The van der Waals surface area contributed by atoms with E-state index >= 15 is 0 Å². The lowest BCUT2D eigenvalue weighted by atomic mass is 10.2. The van der Waals surface area contributed by atoms with Gasteiger partial charge in [0.05, 0.1) is 0 Å². The van der Waals surface area contributed by atoms with Crippen molar-refractivity contribution in [2.45, 2.75) is 20.8 Å². The largest absolute Gasteiger partial charge is 0.437 e. The molecule has 0 fully saturated rings. The third-order valence-corrected chi connectivity index (χ3v) is 2.50.